The van der Waals surface area contributed by atoms with Gasteiger partial charge in [-0.15, -0.1) is 5.10 Å². The molecule has 0 aliphatic heterocycles. The number of hydrogen-bond acceptors (Lipinski definition) is 6. The third-order valence-corrected chi connectivity index (χ3v) is 6.69. The van der Waals surface area contributed by atoms with Gasteiger partial charge in [-0.25, -0.2) is 9.07 Å². The number of carbonyl (C=O) groups excluding carboxylic acids is 2. The summed E-state index contributed by atoms with van der Waals surface area (Å²) in [6.07, 6.45) is 0.361. The highest BCUT2D eigenvalue weighted by molar-refractivity contribution is 8.01. The normalized spacial score (nSPS) is 10.8. The fourth-order valence-electron chi connectivity index (χ4n) is 2.57. The molecule has 0 saturated carbocycles. The average molecular weight is 482 g/mol. The second kappa shape index (κ2) is 10.3. The monoisotopic (exact) mass is 481 g/mol. The van der Waals surface area contributed by atoms with Gasteiger partial charge >= 0.3 is 0 Å². The molecular formula is C20H17ClFN3O2S3. The topological polar surface area (TPSA) is 64.0 Å². The van der Waals surface area contributed by atoms with Crippen LogP contribution in [0.2, 0.25) is 5.02 Å². The van der Waals surface area contributed by atoms with E-state index in [1.807, 2.05) is 12.1 Å². The number of aromatic nitrogens is 2. The van der Waals surface area contributed by atoms with E-state index in [0.717, 1.165) is 5.69 Å². The Kier molecular flexibility index (Phi) is 7.76. The molecule has 0 radical (unpaired) electrons. The quantitative estimate of drug-likeness (QED) is 0.275. The van der Waals surface area contributed by atoms with Crippen LogP contribution in [-0.4, -0.2) is 33.8 Å². The Hall–Kier alpha value is -2.07. The van der Waals surface area contributed by atoms with E-state index in [1.54, 1.807) is 28.9 Å². The predicted octanol–water partition coefficient (Wildman–Crippen LogP) is 5.11. The Bertz CT molecular complexity index is 1130. The molecule has 0 spiro atoms. The van der Waals surface area contributed by atoms with Crippen molar-refractivity contribution in [1.29, 1.82) is 0 Å². The van der Waals surface area contributed by atoms with E-state index in [1.165, 1.54) is 36.1 Å². The van der Waals surface area contributed by atoms with E-state index in [9.17, 15) is 14.0 Å². The minimum Gasteiger partial charge on any atom is -0.356 e. The van der Waals surface area contributed by atoms with Crippen LogP contribution < -0.4 is 5.32 Å². The van der Waals surface area contributed by atoms with E-state index in [2.05, 4.69) is 10.4 Å². The standard InChI is InChI=1S/C20H17ClFN3O2S3/c1-12(26)23-9-8-13-2-3-14(10-17(13)22)18(27)11-29-19-24-25(20(28)30-19)16-6-4-15(21)5-7-16/h2-7,10H,8-9,11H2,1H3,(H,23,26). The lowest BCUT2D eigenvalue weighted by Gasteiger charge is -2.06. The minimum absolute atomic E-state index is 0.119. The van der Waals surface area contributed by atoms with Crippen LogP contribution in [0, 0.1) is 9.77 Å². The van der Waals surface area contributed by atoms with Gasteiger partial charge in [0.05, 0.1) is 11.4 Å². The maximum absolute atomic E-state index is 14.3. The van der Waals surface area contributed by atoms with Gasteiger partial charge in [0, 0.05) is 24.1 Å². The number of nitrogens with one attached hydrogen (secondary N) is 1. The third-order valence-electron chi connectivity index (χ3n) is 4.07. The molecule has 156 valence electrons. The average Bonchev–Trinajstić information content (AvgIpc) is 3.08. The summed E-state index contributed by atoms with van der Waals surface area (Å²) >= 11 is 13.8. The summed E-state index contributed by atoms with van der Waals surface area (Å²) < 4.78 is 17.1. The van der Waals surface area contributed by atoms with Crippen LogP contribution in [0.15, 0.2) is 46.8 Å². The summed E-state index contributed by atoms with van der Waals surface area (Å²) in [4.78, 5) is 23.4. The molecule has 0 fully saturated rings. The summed E-state index contributed by atoms with van der Waals surface area (Å²) in [5, 5.41) is 7.68. The Morgan fingerprint density at radius 2 is 2.00 bits per heavy atom. The number of Topliss-reactive ketones (excluding diaryl/α,β-unsaturated/α-hetero) is 1. The van der Waals surface area contributed by atoms with Gasteiger partial charge in [0.15, 0.2) is 14.1 Å². The molecule has 3 rings (SSSR count). The van der Waals surface area contributed by atoms with Gasteiger partial charge in [-0.3, -0.25) is 9.59 Å². The van der Waals surface area contributed by atoms with Gasteiger partial charge in [-0.2, -0.15) is 0 Å². The van der Waals surface area contributed by atoms with Gasteiger partial charge in [0.1, 0.15) is 5.82 Å². The highest BCUT2D eigenvalue weighted by atomic mass is 35.5. The molecule has 0 atom stereocenters. The number of thioether (sulfide) groups is 1. The number of halogens is 2. The second-order valence-corrected chi connectivity index (χ2v) is 9.55. The smallest absolute Gasteiger partial charge is 0.216 e. The van der Waals surface area contributed by atoms with Crippen LogP contribution in [0.4, 0.5) is 4.39 Å². The number of rotatable bonds is 8. The van der Waals surface area contributed by atoms with E-state index in [4.69, 9.17) is 23.8 Å². The molecule has 3 aromatic rings. The molecule has 0 bridgehead atoms. The predicted molar refractivity (Wildman–Crippen MR) is 121 cm³/mol. The number of ketones is 1. The lowest BCUT2D eigenvalue weighted by molar-refractivity contribution is -0.118. The number of benzene rings is 2. The summed E-state index contributed by atoms with van der Waals surface area (Å²) in [6, 6.07) is 11.5. The first-order chi connectivity index (χ1) is 14.3. The van der Waals surface area contributed by atoms with Crippen LogP contribution in [-0.2, 0) is 11.2 Å². The number of amides is 1. The van der Waals surface area contributed by atoms with Crippen molar-refractivity contribution in [3.63, 3.8) is 0 Å². The first kappa shape index (κ1) is 22.6. The minimum atomic E-state index is -0.459. The van der Waals surface area contributed by atoms with Gasteiger partial charge in [0.25, 0.3) is 0 Å². The summed E-state index contributed by atoms with van der Waals surface area (Å²) in [5.74, 6) is -0.709. The van der Waals surface area contributed by atoms with E-state index in [0.29, 0.717) is 37.4 Å². The molecule has 0 aliphatic carbocycles. The Morgan fingerprint density at radius 3 is 2.67 bits per heavy atom. The zero-order valence-electron chi connectivity index (χ0n) is 15.9. The molecule has 1 aromatic heterocycles. The van der Waals surface area contributed by atoms with Crippen LogP contribution in [0.25, 0.3) is 5.69 Å². The SMILES string of the molecule is CC(=O)NCCc1ccc(C(=O)CSc2nn(-c3ccc(Cl)cc3)c(=S)s2)cc1F. The Morgan fingerprint density at radius 1 is 1.27 bits per heavy atom. The van der Waals surface area contributed by atoms with Crippen LogP contribution >= 0.6 is 46.9 Å². The van der Waals surface area contributed by atoms with Crippen molar-refractivity contribution in [2.24, 2.45) is 0 Å². The summed E-state index contributed by atoms with van der Waals surface area (Å²) in [6.45, 7) is 1.75. The summed E-state index contributed by atoms with van der Waals surface area (Å²) in [7, 11) is 0. The number of carbonyl (C=O) groups is 2. The molecule has 1 N–H and O–H groups in total. The first-order valence-corrected chi connectivity index (χ1v) is 11.5. The molecule has 5 nitrogen and oxygen atoms in total. The van der Waals surface area contributed by atoms with Gasteiger partial charge in [0.2, 0.25) is 5.91 Å². The molecule has 1 heterocycles. The Labute approximate surface area is 191 Å². The van der Waals surface area contributed by atoms with Crippen LogP contribution in [0.1, 0.15) is 22.8 Å². The molecule has 0 saturated heterocycles. The van der Waals surface area contributed by atoms with Gasteiger partial charge in [-0.05, 0) is 54.5 Å². The molecule has 0 aliphatic rings. The van der Waals surface area contributed by atoms with E-state index in [-0.39, 0.29) is 17.4 Å². The molecule has 10 heteroatoms. The van der Waals surface area contributed by atoms with Gasteiger partial charge < -0.3 is 5.32 Å². The maximum atomic E-state index is 14.3. The van der Waals surface area contributed by atoms with Crippen molar-refractivity contribution in [2.75, 3.05) is 12.3 Å². The lowest BCUT2D eigenvalue weighted by atomic mass is 10.1. The second-order valence-electron chi connectivity index (χ2n) is 6.27. The van der Waals surface area contributed by atoms with Crippen molar-refractivity contribution in [3.05, 3.63) is 68.4 Å². The van der Waals surface area contributed by atoms with E-state index < -0.39 is 5.82 Å². The molecule has 0 unspecified atom stereocenters. The fraction of sp³-hybridized carbons (Fsp3) is 0.200. The number of hydrogen-bond donors (Lipinski definition) is 1. The molecule has 1 amide bonds. The zero-order valence-corrected chi connectivity index (χ0v) is 19.1. The van der Waals surface area contributed by atoms with Crippen molar-refractivity contribution in [3.8, 4) is 5.69 Å². The van der Waals surface area contributed by atoms with Crippen molar-refractivity contribution < 1.29 is 14.0 Å². The molecular weight excluding hydrogens is 465 g/mol. The third kappa shape index (κ3) is 5.98. The van der Waals surface area contributed by atoms with Crippen molar-refractivity contribution in [1.82, 2.24) is 15.1 Å². The van der Waals surface area contributed by atoms with Crippen LogP contribution in [0.3, 0.4) is 0 Å². The highest BCUT2D eigenvalue weighted by Gasteiger charge is 2.13. The Balaban J connectivity index is 1.62. The van der Waals surface area contributed by atoms with Gasteiger partial charge in [-0.1, -0.05) is 46.8 Å². The van der Waals surface area contributed by atoms with E-state index >= 15 is 0 Å². The zero-order chi connectivity index (χ0) is 21.7. The molecule has 30 heavy (non-hydrogen) atoms. The lowest BCUT2D eigenvalue weighted by Crippen LogP contribution is -2.22. The maximum Gasteiger partial charge on any atom is 0.216 e. The first-order valence-electron chi connectivity index (χ1n) is 8.88. The van der Waals surface area contributed by atoms with Crippen LogP contribution in [0.5, 0.6) is 0 Å². The van der Waals surface area contributed by atoms with Crippen molar-refractivity contribution >= 4 is 58.6 Å². The molecule has 2 aromatic carbocycles. The highest BCUT2D eigenvalue weighted by Crippen LogP contribution is 2.25. The fourth-order valence-corrected chi connectivity index (χ4v) is 4.95. The summed E-state index contributed by atoms with van der Waals surface area (Å²) in [5.41, 5.74) is 1.53. The van der Waals surface area contributed by atoms with Crippen molar-refractivity contribution in [2.45, 2.75) is 17.7 Å². The number of nitrogens with zero attached hydrogens (tertiary/aromatic N) is 2. The largest absolute Gasteiger partial charge is 0.356 e.